The summed E-state index contributed by atoms with van der Waals surface area (Å²) in [4.78, 5) is 4.56. The molecular formula is C12H13NOS2. The maximum atomic E-state index is 5.45. The zero-order valence-corrected chi connectivity index (χ0v) is 11.1. The first-order valence-corrected chi connectivity index (χ1v) is 7.34. The van der Waals surface area contributed by atoms with Gasteiger partial charge in [0.15, 0.2) is 0 Å². The fourth-order valence-electron chi connectivity index (χ4n) is 1.55. The van der Waals surface area contributed by atoms with E-state index < -0.39 is 0 Å². The Morgan fingerprint density at radius 1 is 1.25 bits per heavy atom. The first kappa shape index (κ1) is 11.6. The Kier molecular flexibility index (Phi) is 3.61. The van der Waals surface area contributed by atoms with Gasteiger partial charge in [-0.1, -0.05) is 0 Å². The molecule has 4 heteroatoms. The van der Waals surface area contributed by atoms with Gasteiger partial charge in [0.25, 0.3) is 0 Å². The van der Waals surface area contributed by atoms with E-state index in [-0.39, 0.29) is 0 Å². The van der Waals surface area contributed by atoms with Gasteiger partial charge >= 0.3 is 0 Å². The lowest BCUT2D eigenvalue weighted by atomic mass is 10.1. The van der Waals surface area contributed by atoms with Gasteiger partial charge < -0.3 is 4.42 Å². The second-order valence-corrected chi connectivity index (χ2v) is 4.95. The summed E-state index contributed by atoms with van der Waals surface area (Å²) in [6.45, 7) is 2.08. The second kappa shape index (κ2) is 4.97. The summed E-state index contributed by atoms with van der Waals surface area (Å²) in [5, 5.41) is 2.10. The van der Waals surface area contributed by atoms with E-state index in [2.05, 4.69) is 18.0 Å². The van der Waals surface area contributed by atoms with E-state index in [0.29, 0.717) is 0 Å². The number of nitrogens with zero attached hydrogens (tertiary/aromatic N) is 1. The molecule has 2 nitrogen and oxygen atoms in total. The van der Waals surface area contributed by atoms with E-state index >= 15 is 0 Å². The van der Waals surface area contributed by atoms with Crippen LogP contribution in [0.3, 0.4) is 0 Å². The van der Waals surface area contributed by atoms with Crippen molar-refractivity contribution in [1.82, 2.24) is 4.98 Å². The van der Waals surface area contributed by atoms with Crippen molar-refractivity contribution in [3.8, 4) is 11.3 Å². The highest BCUT2D eigenvalue weighted by Gasteiger charge is 2.11. The zero-order chi connectivity index (χ0) is 11.5. The average Bonchev–Trinajstić information content (AvgIpc) is 2.83. The van der Waals surface area contributed by atoms with Crippen LogP contribution in [0.1, 0.15) is 5.56 Å². The van der Waals surface area contributed by atoms with E-state index in [1.54, 1.807) is 29.8 Å². The predicted octanol–water partition coefficient (Wildman–Crippen LogP) is 4.09. The van der Waals surface area contributed by atoms with Crippen LogP contribution in [-0.4, -0.2) is 17.5 Å². The van der Waals surface area contributed by atoms with Crippen LogP contribution in [0.2, 0.25) is 0 Å². The Morgan fingerprint density at radius 3 is 2.62 bits per heavy atom. The standard InChI is InChI=1S/C12H13NOS2/c1-8-9(10-5-4-6-14-10)7-11(15-2)13-12(8)16-3/h4-7H,1-3H3. The summed E-state index contributed by atoms with van der Waals surface area (Å²) >= 11 is 3.32. The number of hydrogen-bond donors (Lipinski definition) is 0. The normalized spacial score (nSPS) is 10.7. The molecule has 0 radical (unpaired) electrons. The van der Waals surface area contributed by atoms with Gasteiger partial charge in [0.1, 0.15) is 10.8 Å². The van der Waals surface area contributed by atoms with Crippen molar-refractivity contribution in [3.05, 3.63) is 30.0 Å². The number of pyridine rings is 1. The minimum atomic E-state index is 0.908. The third-order valence-electron chi connectivity index (χ3n) is 2.39. The van der Waals surface area contributed by atoms with Crippen LogP contribution in [0.4, 0.5) is 0 Å². The fourth-order valence-corrected chi connectivity index (χ4v) is 2.64. The summed E-state index contributed by atoms with van der Waals surface area (Å²) in [5.74, 6) is 0.908. The molecule has 0 N–H and O–H groups in total. The Hall–Kier alpha value is -0.870. The molecule has 0 bridgehead atoms. The van der Waals surface area contributed by atoms with Crippen molar-refractivity contribution in [3.63, 3.8) is 0 Å². The van der Waals surface area contributed by atoms with Gasteiger partial charge in [-0.25, -0.2) is 4.98 Å². The lowest BCUT2D eigenvalue weighted by Gasteiger charge is -2.09. The monoisotopic (exact) mass is 251 g/mol. The topological polar surface area (TPSA) is 26.0 Å². The highest BCUT2D eigenvalue weighted by atomic mass is 32.2. The molecule has 84 valence electrons. The molecule has 2 aromatic rings. The molecule has 16 heavy (non-hydrogen) atoms. The third-order valence-corrected chi connectivity index (χ3v) is 3.81. The number of hydrogen-bond acceptors (Lipinski definition) is 4. The molecule has 0 aliphatic rings. The average molecular weight is 251 g/mol. The molecule has 0 aliphatic carbocycles. The molecule has 0 saturated heterocycles. The number of thioether (sulfide) groups is 2. The first-order valence-electron chi connectivity index (χ1n) is 4.89. The second-order valence-electron chi connectivity index (χ2n) is 3.32. The van der Waals surface area contributed by atoms with E-state index in [1.165, 1.54) is 5.56 Å². The van der Waals surface area contributed by atoms with Gasteiger partial charge in [-0.2, -0.15) is 0 Å². The van der Waals surface area contributed by atoms with Crippen LogP contribution in [0.15, 0.2) is 38.9 Å². The number of rotatable bonds is 3. The minimum absolute atomic E-state index is 0.908. The van der Waals surface area contributed by atoms with E-state index in [4.69, 9.17) is 4.42 Å². The summed E-state index contributed by atoms with van der Waals surface area (Å²) in [5.41, 5.74) is 2.31. The van der Waals surface area contributed by atoms with Crippen LogP contribution in [0.25, 0.3) is 11.3 Å². The molecule has 0 fully saturated rings. The van der Waals surface area contributed by atoms with Gasteiger partial charge in [0, 0.05) is 5.56 Å². The van der Waals surface area contributed by atoms with Crippen molar-refractivity contribution in [2.45, 2.75) is 17.0 Å². The molecule has 0 aromatic carbocycles. The predicted molar refractivity (Wildman–Crippen MR) is 70.2 cm³/mol. The molecule has 2 aromatic heterocycles. The summed E-state index contributed by atoms with van der Waals surface area (Å²) in [6, 6.07) is 5.97. The maximum absolute atomic E-state index is 5.45. The van der Waals surface area contributed by atoms with Crippen molar-refractivity contribution >= 4 is 23.5 Å². The highest BCUT2D eigenvalue weighted by molar-refractivity contribution is 7.99. The van der Waals surface area contributed by atoms with Crippen LogP contribution >= 0.6 is 23.5 Å². The molecule has 0 amide bonds. The highest BCUT2D eigenvalue weighted by Crippen LogP contribution is 2.32. The summed E-state index contributed by atoms with van der Waals surface area (Å²) in [6.07, 6.45) is 5.78. The summed E-state index contributed by atoms with van der Waals surface area (Å²) < 4.78 is 5.45. The van der Waals surface area contributed by atoms with E-state index in [0.717, 1.165) is 21.4 Å². The molecule has 0 spiro atoms. The van der Waals surface area contributed by atoms with Gasteiger partial charge in [-0.05, 0) is 43.2 Å². The molecule has 2 heterocycles. The molecule has 0 unspecified atom stereocenters. The number of furan rings is 1. The molecular weight excluding hydrogens is 238 g/mol. The molecule has 0 aliphatic heterocycles. The summed E-state index contributed by atoms with van der Waals surface area (Å²) in [7, 11) is 0. The smallest absolute Gasteiger partial charge is 0.134 e. The van der Waals surface area contributed by atoms with E-state index in [1.807, 2.05) is 24.6 Å². The SMILES string of the molecule is CSc1cc(-c2ccco2)c(C)c(SC)n1. The third kappa shape index (κ3) is 2.13. The van der Waals surface area contributed by atoms with Crippen molar-refractivity contribution in [2.75, 3.05) is 12.5 Å². The van der Waals surface area contributed by atoms with Crippen LogP contribution < -0.4 is 0 Å². The Labute approximate surface area is 104 Å². The van der Waals surface area contributed by atoms with Crippen LogP contribution in [0.5, 0.6) is 0 Å². The van der Waals surface area contributed by atoms with Gasteiger partial charge in [0.2, 0.25) is 0 Å². The fraction of sp³-hybridized carbons (Fsp3) is 0.250. The maximum Gasteiger partial charge on any atom is 0.134 e. The van der Waals surface area contributed by atoms with Gasteiger partial charge in [-0.15, -0.1) is 23.5 Å². The van der Waals surface area contributed by atoms with Crippen LogP contribution in [-0.2, 0) is 0 Å². The van der Waals surface area contributed by atoms with Crippen molar-refractivity contribution in [1.29, 1.82) is 0 Å². The quantitative estimate of drug-likeness (QED) is 0.767. The van der Waals surface area contributed by atoms with Crippen LogP contribution in [0, 0.1) is 6.92 Å². The Morgan fingerprint density at radius 2 is 2.06 bits per heavy atom. The van der Waals surface area contributed by atoms with E-state index in [9.17, 15) is 0 Å². The Bertz CT molecular complexity index is 480. The molecule has 0 atom stereocenters. The number of aromatic nitrogens is 1. The van der Waals surface area contributed by atoms with Gasteiger partial charge in [-0.3, -0.25) is 0 Å². The zero-order valence-electron chi connectivity index (χ0n) is 9.48. The molecule has 0 saturated carbocycles. The van der Waals surface area contributed by atoms with Gasteiger partial charge in [0.05, 0.1) is 11.3 Å². The minimum Gasteiger partial charge on any atom is -0.464 e. The lowest BCUT2D eigenvalue weighted by Crippen LogP contribution is -1.91. The molecule has 2 rings (SSSR count). The largest absolute Gasteiger partial charge is 0.464 e. The van der Waals surface area contributed by atoms with Crippen molar-refractivity contribution < 1.29 is 4.42 Å². The lowest BCUT2D eigenvalue weighted by molar-refractivity contribution is 0.581. The Balaban J connectivity index is 2.59. The van der Waals surface area contributed by atoms with Crippen molar-refractivity contribution in [2.24, 2.45) is 0 Å². The first-order chi connectivity index (χ1) is 7.76.